The molecule has 0 radical (unpaired) electrons. The van der Waals surface area contributed by atoms with E-state index in [9.17, 15) is 4.79 Å². The summed E-state index contributed by atoms with van der Waals surface area (Å²) in [5.74, 6) is 0.497. The molecule has 1 aromatic carbocycles. The molecule has 1 unspecified atom stereocenters. The molecule has 94 valence electrons. The van der Waals surface area contributed by atoms with Crippen LogP contribution in [0.2, 0.25) is 0 Å². The maximum atomic E-state index is 12.0. The van der Waals surface area contributed by atoms with Gasteiger partial charge in [0, 0.05) is 12.3 Å². The third-order valence-electron chi connectivity index (χ3n) is 3.31. The van der Waals surface area contributed by atoms with Crippen molar-refractivity contribution in [1.29, 1.82) is 0 Å². The van der Waals surface area contributed by atoms with E-state index >= 15 is 0 Å². The lowest BCUT2D eigenvalue weighted by molar-refractivity contribution is -0.120. The highest BCUT2D eigenvalue weighted by Crippen LogP contribution is 2.25. The number of benzene rings is 1. The summed E-state index contributed by atoms with van der Waals surface area (Å²) >= 11 is 0. The summed E-state index contributed by atoms with van der Waals surface area (Å²) in [6, 6.07) is 8.43. The third kappa shape index (κ3) is 4.33. The average molecular weight is 232 g/mol. The summed E-state index contributed by atoms with van der Waals surface area (Å²) < 4.78 is 0. The Labute approximate surface area is 105 Å². The molecule has 0 saturated heterocycles. The molecule has 0 aliphatic rings. The van der Waals surface area contributed by atoms with Crippen LogP contribution in [-0.4, -0.2) is 5.78 Å². The van der Waals surface area contributed by atoms with E-state index in [2.05, 4.69) is 38.1 Å². The van der Waals surface area contributed by atoms with Crippen LogP contribution in [0, 0.1) is 6.92 Å². The van der Waals surface area contributed by atoms with Gasteiger partial charge >= 0.3 is 0 Å². The number of hydrogen-bond acceptors (Lipinski definition) is 1. The van der Waals surface area contributed by atoms with Crippen molar-refractivity contribution in [2.75, 3.05) is 0 Å². The van der Waals surface area contributed by atoms with Crippen LogP contribution in [0.4, 0.5) is 0 Å². The summed E-state index contributed by atoms with van der Waals surface area (Å²) in [5, 5.41) is 0. The van der Waals surface area contributed by atoms with Crippen LogP contribution >= 0.6 is 0 Å². The van der Waals surface area contributed by atoms with Crippen LogP contribution in [0.3, 0.4) is 0 Å². The number of rotatable bonds is 7. The Morgan fingerprint density at radius 3 is 2.29 bits per heavy atom. The highest BCUT2D eigenvalue weighted by Gasteiger charge is 2.17. The van der Waals surface area contributed by atoms with Gasteiger partial charge in [0.25, 0.3) is 0 Å². The highest BCUT2D eigenvalue weighted by molar-refractivity contribution is 5.85. The van der Waals surface area contributed by atoms with Gasteiger partial charge in [0.1, 0.15) is 5.78 Å². The van der Waals surface area contributed by atoms with Gasteiger partial charge in [-0.05, 0) is 18.9 Å². The summed E-state index contributed by atoms with van der Waals surface area (Å²) in [4.78, 5) is 12.0. The van der Waals surface area contributed by atoms with Crippen LogP contribution in [-0.2, 0) is 4.79 Å². The van der Waals surface area contributed by atoms with Crippen molar-refractivity contribution in [3.05, 3.63) is 35.4 Å². The Hall–Kier alpha value is -1.11. The molecular weight excluding hydrogens is 208 g/mol. The maximum Gasteiger partial charge on any atom is 0.140 e. The van der Waals surface area contributed by atoms with Crippen molar-refractivity contribution in [3.8, 4) is 0 Å². The lowest BCUT2D eigenvalue weighted by Crippen LogP contribution is -2.11. The monoisotopic (exact) mass is 232 g/mol. The molecule has 0 spiro atoms. The first-order valence-corrected chi connectivity index (χ1v) is 6.78. The van der Waals surface area contributed by atoms with Gasteiger partial charge in [-0.25, -0.2) is 0 Å². The number of unbranched alkanes of at least 4 members (excludes halogenated alkanes) is 2. The summed E-state index contributed by atoms with van der Waals surface area (Å²) in [6.45, 7) is 6.24. The molecule has 0 N–H and O–H groups in total. The van der Waals surface area contributed by atoms with Gasteiger partial charge in [-0.2, -0.15) is 0 Å². The number of hydrogen-bond donors (Lipinski definition) is 0. The second-order valence-corrected chi connectivity index (χ2v) is 4.78. The fraction of sp³-hybridized carbons (Fsp3) is 0.562. The lowest BCUT2D eigenvalue weighted by atomic mass is 9.88. The molecule has 0 fully saturated rings. The van der Waals surface area contributed by atoms with Crippen molar-refractivity contribution in [3.63, 3.8) is 0 Å². The topological polar surface area (TPSA) is 17.1 Å². The van der Waals surface area contributed by atoms with Crippen LogP contribution < -0.4 is 0 Å². The van der Waals surface area contributed by atoms with E-state index in [1.54, 1.807) is 0 Å². The fourth-order valence-corrected chi connectivity index (χ4v) is 2.16. The van der Waals surface area contributed by atoms with Crippen LogP contribution in [0.5, 0.6) is 0 Å². The minimum Gasteiger partial charge on any atom is -0.299 e. The van der Waals surface area contributed by atoms with E-state index in [0.29, 0.717) is 12.2 Å². The van der Waals surface area contributed by atoms with Gasteiger partial charge in [0.15, 0.2) is 0 Å². The fourth-order valence-electron chi connectivity index (χ4n) is 2.16. The molecule has 0 amide bonds. The Bertz CT molecular complexity index is 337. The normalized spacial score (nSPS) is 12.4. The zero-order valence-electron chi connectivity index (χ0n) is 11.3. The first-order valence-electron chi connectivity index (χ1n) is 6.78. The number of aryl methyl sites for hydroxylation is 1. The van der Waals surface area contributed by atoms with E-state index in [-0.39, 0.29) is 5.92 Å². The second kappa shape index (κ2) is 7.26. The largest absolute Gasteiger partial charge is 0.299 e. The molecule has 0 saturated carbocycles. The van der Waals surface area contributed by atoms with E-state index in [4.69, 9.17) is 0 Å². The molecule has 17 heavy (non-hydrogen) atoms. The van der Waals surface area contributed by atoms with Crippen LogP contribution in [0.25, 0.3) is 0 Å². The minimum absolute atomic E-state index is 0.118. The van der Waals surface area contributed by atoms with E-state index in [1.165, 1.54) is 24.0 Å². The maximum absolute atomic E-state index is 12.0. The predicted molar refractivity (Wildman–Crippen MR) is 73.4 cm³/mol. The van der Waals surface area contributed by atoms with Gasteiger partial charge in [0.2, 0.25) is 0 Å². The number of carbonyl (C=O) groups is 1. The van der Waals surface area contributed by atoms with E-state index in [0.717, 1.165) is 12.8 Å². The van der Waals surface area contributed by atoms with Crippen molar-refractivity contribution < 1.29 is 4.79 Å². The molecular formula is C16H24O. The summed E-state index contributed by atoms with van der Waals surface area (Å²) in [7, 11) is 0. The van der Waals surface area contributed by atoms with Crippen LogP contribution in [0.15, 0.2) is 24.3 Å². The molecule has 1 heteroatoms. The summed E-state index contributed by atoms with van der Waals surface area (Å²) in [6.07, 6.45) is 5.23. The van der Waals surface area contributed by atoms with Crippen molar-refractivity contribution in [1.82, 2.24) is 0 Å². The van der Waals surface area contributed by atoms with E-state index < -0.39 is 0 Å². The molecule has 0 bridgehead atoms. The van der Waals surface area contributed by atoms with Gasteiger partial charge in [0.05, 0.1) is 0 Å². The smallest absolute Gasteiger partial charge is 0.140 e. The average Bonchev–Trinajstić information content (AvgIpc) is 2.35. The zero-order valence-corrected chi connectivity index (χ0v) is 11.3. The van der Waals surface area contributed by atoms with Crippen molar-refractivity contribution in [2.24, 2.45) is 0 Å². The SMILES string of the molecule is CCCCCC(C(=O)CC)c1ccc(C)cc1. The Balaban J connectivity index is 2.74. The first kappa shape index (κ1) is 14.0. The first-order chi connectivity index (χ1) is 8.19. The van der Waals surface area contributed by atoms with Gasteiger partial charge in [-0.15, -0.1) is 0 Å². The quantitative estimate of drug-likeness (QED) is 0.626. The molecule has 0 aliphatic heterocycles. The second-order valence-electron chi connectivity index (χ2n) is 4.78. The van der Waals surface area contributed by atoms with Crippen LogP contribution in [0.1, 0.15) is 63.0 Å². The molecule has 1 aromatic rings. The number of carbonyl (C=O) groups excluding carboxylic acids is 1. The number of ketones is 1. The highest BCUT2D eigenvalue weighted by atomic mass is 16.1. The molecule has 1 atom stereocenters. The standard InChI is InChI=1S/C16H24O/c1-4-6-7-8-15(16(17)5-2)14-11-9-13(3)10-12-14/h9-12,15H,4-8H2,1-3H3. The van der Waals surface area contributed by atoms with E-state index in [1.807, 2.05) is 6.92 Å². The molecule has 0 aliphatic carbocycles. The molecule has 1 nitrogen and oxygen atoms in total. The molecule has 1 rings (SSSR count). The Morgan fingerprint density at radius 2 is 1.76 bits per heavy atom. The lowest BCUT2D eigenvalue weighted by Gasteiger charge is -2.15. The Morgan fingerprint density at radius 1 is 1.12 bits per heavy atom. The van der Waals surface area contributed by atoms with Crippen molar-refractivity contribution >= 4 is 5.78 Å². The van der Waals surface area contributed by atoms with Gasteiger partial charge in [-0.1, -0.05) is 62.9 Å². The Kier molecular flexibility index (Phi) is 5.96. The molecule has 0 aromatic heterocycles. The van der Waals surface area contributed by atoms with Gasteiger partial charge < -0.3 is 0 Å². The summed E-state index contributed by atoms with van der Waals surface area (Å²) in [5.41, 5.74) is 2.45. The van der Waals surface area contributed by atoms with Crippen molar-refractivity contribution in [2.45, 2.75) is 58.8 Å². The van der Waals surface area contributed by atoms with Gasteiger partial charge in [-0.3, -0.25) is 4.79 Å². The predicted octanol–water partition coefficient (Wildman–Crippen LogP) is 4.64. The molecule has 0 heterocycles. The third-order valence-corrected chi connectivity index (χ3v) is 3.31. The minimum atomic E-state index is 0.118. The number of Topliss-reactive ketones (excluding diaryl/α,β-unsaturated/α-hetero) is 1. The zero-order chi connectivity index (χ0) is 12.7.